The number of aliphatic hydroxyl groups is 2. The van der Waals surface area contributed by atoms with E-state index in [9.17, 15) is 18.3 Å². The molecule has 28 heavy (non-hydrogen) atoms. The number of nitrogens with one attached hydrogen (secondary N) is 1. The van der Waals surface area contributed by atoms with Crippen LogP contribution < -0.4 is 5.32 Å². The van der Waals surface area contributed by atoms with E-state index < -0.39 is 22.0 Å². The Hall–Kier alpha value is -0.740. The molecule has 0 radical (unpaired) electrons. The molecule has 0 aliphatic carbocycles. The normalized spacial score (nSPS) is 13.0. The minimum Gasteiger partial charge on any atom is -0.395 e. The van der Waals surface area contributed by atoms with Crippen molar-refractivity contribution in [2.75, 3.05) is 38.5 Å². The summed E-state index contributed by atoms with van der Waals surface area (Å²) in [5, 5.41) is 21.6. The highest BCUT2D eigenvalue weighted by molar-refractivity contribution is 7.85. The molecule has 1 unspecified atom stereocenters. The van der Waals surface area contributed by atoms with Gasteiger partial charge in [0.05, 0.1) is 12.7 Å². The summed E-state index contributed by atoms with van der Waals surface area (Å²) in [5.74, 6) is -0.773. The van der Waals surface area contributed by atoms with Gasteiger partial charge in [-0.2, -0.15) is 8.42 Å². The Kier molecular flexibility index (Phi) is 16.7. The third-order valence-corrected chi connectivity index (χ3v) is 5.35. The zero-order valence-electron chi connectivity index (χ0n) is 17.3. The number of amides is 1. The van der Waals surface area contributed by atoms with E-state index >= 15 is 0 Å². The second-order valence-corrected chi connectivity index (χ2v) is 8.85. The first-order valence-corrected chi connectivity index (χ1v) is 12.1. The molecule has 0 saturated carbocycles. The Morgan fingerprint density at radius 2 is 1.57 bits per heavy atom. The number of rotatable bonds is 19. The van der Waals surface area contributed by atoms with Gasteiger partial charge in [-0.05, 0) is 6.42 Å². The van der Waals surface area contributed by atoms with Crippen molar-refractivity contribution >= 4 is 16.0 Å². The van der Waals surface area contributed by atoms with Crippen LogP contribution >= 0.6 is 0 Å². The maximum atomic E-state index is 11.9. The quantitative estimate of drug-likeness (QED) is 0.183. The molecule has 4 N–H and O–H groups in total. The lowest BCUT2D eigenvalue weighted by molar-refractivity contribution is -0.121. The van der Waals surface area contributed by atoms with Crippen molar-refractivity contribution in [2.45, 2.75) is 77.2 Å². The SMILES string of the molecule is CCCCCCCCCCCC(=O)NCCN(CCO)CC(O)CS(=O)(=O)O. The molecule has 0 spiro atoms. The van der Waals surface area contributed by atoms with E-state index in [1.165, 1.54) is 38.5 Å². The third kappa shape index (κ3) is 18.6. The van der Waals surface area contributed by atoms with Crippen LogP contribution in [0.25, 0.3) is 0 Å². The van der Waals surface area contributed by atoms with Gasteiger partial charge in [0.1, 0.15) is 5.75 Å². The van der Waals surface area contributed by atoms with Crippen molar-refractivity contribution in [1.29, 1.82) is 0 Å². The molecule has 8 nitrogen and oxygen atoms in total. The molecule has 0 fully saturated rings. The van der Waals surface area contributed by atoms with Gasteiger partial charge in [-0.15, -0.1) is 0 Å². The molecular weight excluding hydrogens is 384 g/mol. The molecule has 0 aromatic heterocycles. The van der Waals surface area contributed by atoms with Crippen molar-refractivity contribution in [1.82, 2.24) is 10.2 Å². The lowest BCUT2D eigenvalue weighted by atomic mass is 10.1. The summed E-state index contributed by atoms with van der Waals surface area (Å²) in [5.41, 5.74) is 0. The topological polar surface area (TPSA) is 127 Å². The van der Waals surface area contributed by atoms with Crippen LogP contribution in [0.2, 0.25) is 0 Å². The van der Waals surface area contributed by atoms with Crippen molar-refractivity contribution in [3.63, 3.8) is 0 Å². The second kappa shape index (κ2) is 17.1. The molecule has 0 saturated heterocycles. The monoisotopic (exact) mass is 424 g/mol. The standard InChI is InChI=1S/C19H40N2O6S/c1-2-3-4-5-6-7-8-9-10-11-19(24)20-12-13-21(14-15-22)16-18(23)17-28(25,26)27/h18,22-23H,2-17H2,1H3,(H,20,24)(H,25,26,27). The average molecular weight is 425 g/mol. The highest BCUT2D eigenvalue weighted by Crippen LogP contribution is 2.10. The van der Waals surface area contributed by atoms with Crippen LogP contribution in [0.5, 0.6) is 0 Å². The fourth-order valence-corrected chi connectivity index (χ4v) is 3.66. The zero-order chi connectivity index (χ0) is 21.3. The number of carbonyl (C=O) groups is 1. The summed E-state index contributed by atoms with van der Waals surface area (Å²) in [7, 11) is -4.25. The van der Waals surface area contributed by atoms with E-state index in [2.05, 4.69) is 12.2 Å². The van der Waals surface area contributed by atoms with Gasteiger partial charge >= 0.3 is 0 Å². The van der Waals surface area contributed by atoms with E-state index in [0.717, 1.165) is 19.3 Å². The van der Waals surface area contributed by atoms with Gasteiger partial charge in [0.15, 0.2) is 0 Å². The van der Waals surface area contributed by atoms with Gasteiger partial charge in [0.2, 0.25) is 5.91 Å². The molecule has 0 aliphatic heterocycles. The molecular formula is C19H40N2O6S. The fourth-order valence-electron chi connectivity index (χ4n) is 3.07. The first kappa shape index (κ1) is 27.3. The minimum atomic E-state index is -4.25. The van der Waals surface area contributed by atoms with E-state index in [1.54, 1.807) is 4.90 Å². The Morgan fingerprint density at radius 1 is 1.00 bits per heavy atom. The van der Waals surface area contributed by atoms with Crippen LogP contribution in [0.1, 0.15) is 71.1 Å². The van der Waals surface area contributed by atoms with Crippen molar-refractivity contribution in [3.05, 3.63) is 0 Å². The lowest BCUT2D eigenvalue weighted by Gasteiger charge is -2.23. The number of hydrogen-bond donors (Lipinski definition) is 4. The van der Waals surface area contributed by atoms with Crippen LogP contribution in [0.3, 0.4) is 0 Å². The fraction of sp³-hybridized carbons (Fsp3) is 0.947. The maximum absolute atomic E-state index is 11.9. The van der Waals surface area contributed by atoms with Gasteiger partial charge in [-0.1, -0.05) is 58.3 Å². The largest absolute Gasteiger partial charge is 0.395 e. The number of carbonyl (C=O) groups excluding carboxylic acids is 1. The zero-order valence-corrected chi connectivity index (χ0v) is 18.1. The smallest absolute Gasteiger partial charge is 0.267 e. The number of nitrogens with zero attached hydrogens (tertiary/aromatic N) is 1. The number of aliphatic hydroxyl groups excluding tert-OH is 2. The first-order chi connectivity index (χ1) is 13.3. The van der Waals surface area contributed by atoms with Gasteiger partial charge < -0.3 is 15.5 Å². The maximum Gasteiger partial charge on any atom is 0.267 e. The molecule has 1 amide bonds. The third-order valence-electron chi connectivity index (χ3n) is 4.55. The lowest BCUT2D eigenvalue weighted by Crippen LogP contribution is -2.42. The van der Waals surface area contributed by atoms with Gasteiger partial charge in [0, 0.05) is 32.6 Å². The van der Waals surface area contributed by atoms with Crippen LogP contribution in [0.4, 0.5) is 0 Å². The molecule has 0 heterocycles. The number of hydrogen-bond acceptors (Lipinski definition) is 6. The van der Waals surface area contributed by atoms with Gasteiger partial charge in [-0.3, -0.25) is 14.2 Å². The Balaban J connectivity index is 3.79. The Morgan fingerprint density at radius 3 is 2.11 bits per heavy atom. The highest BCUT2D eigenvalue weighted by atomic mass is 32.2. The van der Waals surface area contributed by atoms with Crippen molar-refractivity contribution in [2.24, 2.45) is 0 Å². The van der Waals surface area contributed by atoms with Crippen LogP contribution in [0.15, 0.2) is 0 Å². The number of unbranched alkanes of at least 4 members (excludes halogenated alkanes) is 8. The first-order valence-electron chi connectivity index (χ1n) is 10.5. The predicted octanol–water partition coefficient (Wildman–Crippen LogP) is 1.57. The molecule has 9 heteroatoms. The van der Waals surface area contributed by atoms with Crippen LogP contribution in [-0.4, -0.2) is 78.6 Å². The predicted molar refractivity (Wildman–Crippen MR) is 111 cm³/mol. The summed E-state index contributed by atoms with van der Waals surface area (Å²) in [4.78, 5) is 13.5. The molecule has 0 rings (SSSR count). The minimum absolute atomic E-state index is 0.00548. The Bertz CT molecular complexity index is 487. The average Bonchev–Trinajstić information content (AvgIpc) is 2.58. The molecule has 0 aromatic carbocycles. The summed E-state index contributed by atoms with van der Waals surface area (Å²) < 4.78 is 30.3. The van der Waals surface area contributed by atoms with Crippen LogP contribution in [-0.2, 0) is 14.9 Å². The summed E-state index contributed by atoms with van der Waals surface area (Å²) >= 11 is 0. The summed E-state index contributed by atoms with van der Waals surface area (Å²) in [6.45, 7) is 3.04. The summed E-state index contributed by atoms with van der Waals surface area (Å²) in [6, 6.07) is 0. The van der Waals surface area contributed by atoms with Crippen LogP contribution in [0, 0.1) is 0 Å². The summed E-state index contributed by atoms with van der Waals surface area (Å²) in [6.07, 6.45) is 10.0. The van der Waals surface area contributed by atoms with Crippen molar-refractivity contribution < 1.29 is 28.0 Å². The molecule has 0 aromatic rings. The molecule has 1 atom stereocenters. The van der Waals surface area contributed by atoms with Crippen molar-refractivity contribution in [3.8, 4) is 0 Å². The molecule has 0 bridgehead atoms. The molecule has 168 valence electrons. The van der Waals surface area contributed by atoms with E-state index in [0.29, 0.717) is 19.5 Å². The Labute approximate surface area is 170 Å². The van der Waals surface area contributed by atoms with Gasteiger partial charge in [-0.25, -0.2) is 0 Å². The second-order valence-electron chi connectivity index (χ2n) is 7.35. The van der Waals surface area contributed by atoms with E-state index in [1.807, 2.05) is 0 Å². The highest BCUT2D eigenvalue weighted by Gasteiger charge is 2.17. The van der Waals surface area contributed by atoms with E-state index in [-0.39, 0.29) is 25.6 Å². The van der Waals surface area contributed by atoms with E-state index in [4.69, 9.17) is 9.66 Å². The molecule has 0 aliphatic rings. The van der Waals surface area contributed by atoms with Gasteiger partial charge in [0.25, 0.3) is 10.1 Å².